The quantitative estimate of drug-likeness (QED) is 0.808. The van der Waals surface area contributed by atoms with Crippen LogP contribution in [0.3, 0.4) is 0 Å². The SMILES string of the molecule is CCCOc1ccccc1C(N)c1ncc(Br)cc1Br. The summed E-state index contributed by atoms with van der Waals surface area (Å²) >= 11 is 6.90. The predicted molar refractivity (Wildman–Crippen MR) is 87.9 cm³/mol. The van der Waals surface area contributed by atoms with Gasteiger partial charge in [-0.05, 0) is 50.4 Å². The van der Waals surface area contributed by atoms with Gasteiger partial charge in [0.1, 0.15) is 5.75 Å². The second-order valence-corrected chi connectivity index (χ2v) is 6.15. The standard InChI is InChI=1S/C15H16Br2N2O/c1-2-7-20-13-6-4-3-5-11(13)14(18)15-12(17)8-10(16)9-19-15/h3-6,8-9,14H,2,7,18H2,1H3. The summed E-state index contributed by atoms with van der Waals surface area (Å²) in [7, 11) is 0. The van der Waals surface area contributed by atoms with Gasteiger partial charge in [-0.25, -0.2) is 0 Å². The zero-order valence-electron chi connectivity index (χ0n) is 11.1. The lowest BCUT2D eigenvalue weighted by Crippen LogP contribution is -2.15. The molecular formula is C15H16Br2N2O. The molecule has 5 heteroatoms. The number of pyridine rings is 1. The largest absolute Gasteiger partial charge is 0.493 e. The van der Waals surface area contributed by atoms with Crippen molar-refractivity contribution in [3.63, 3.8) is 0 Å². The number of hydrogen-bond acceptors (Lipinski definition) is 3. The third-order valence-electron chi connectivity index (χ3n) is 2.85. The summed E-state index contributed by atoms with van der Waals surface area (Å²) in [5.74, 6) is 0.818. The molecule has 20 heavy (non-hydrogen) atoms. The minimum atomic E-state index is -0.328. The smallest absolute Gasteiger partial charge is 0.124 e. The Morgan fingerprint density at radius 1 is 1.30 bits per heavy atom. The Morgan fingerprint density at radius 2 is 2.05 bits per heavy atom. The molecule has 0 radical (unpaired) electrons. The van der Waals surface area contributed by atoms with Crippen molar-refractivity contribution in [1.29, 1.82) is 0 Å². The molecular weight excluding hydrogens is 384 g/mol. The maximum atomic E-state index is 6.35. The first kappa shape index (κ1) is 15.5. The van der Waals surface area contributed by atoms with Crippen molar-refractivity contribution in [3.8, 4) is 5.75 Å². The van der Waals surface area contributed by atoms with Gasteiger partial charge in [-0.3, -0.25) is 4.98 Å². The van der Waals surface area contributed by atoms with Crippen LogP contribution in [0.5, 0.6) is 5.75 Å². The van der Waals surface area contributed by atoms with E-state index in [4.69, 9.17) is 10.5 Å². The van der Waals surface area contributed by atoms with Gasteiger partial charge in [0.05, 0.1) is 18.3 Å². The zero-order valence-corrected chi connectivity index (χ0v) is 14.3. The van der Waals surface area contributed by atoms with Gasteiger partial charge in [0.15, 0.2) is 0 Å². The highest BCUT2D eigenvalue weighted by Crippen LogP contribution is 2.32. The van der Waals surface area contributed by atoms with Gasteiger partial charge in [0.25, 0.3) is 0 Å². The second-order valence-electron chi connectivity index (χ2n) is 4.38. The molecule has 106 valence electrons. The van der Waals surface area contributed by atoms with Crippen LogP contribution in [0, 0.1) is 0 Å². The summed E-state index contributed by atoms with van der Waals surface area (Å²) in [4.78, 5) is 4.40. The van der Waals surface area contributed by atoms with Crippen molar-refractivity contribution in [2.24, 2.45) is 5.73 Å². The van der Waals surface area contributed by atoms with Crippen molar-refractivity contribution in [3.05, 3.63) is 56.7 Å². The number of hydrogen-bond donors (Lipinski definition) is 1. The van der Waals surface area contributed by atoms with E-state index in [1.54, 1.807) is 6.20 Å². The Labute approximate surface area is 135 Å². The summed E-state index contributed by atoms with van der Waals surface area (Å²) in [6.07, 6.45) is 2.71. The molecule has 1 atom stereocenters. The summed E-state index contributed by atoms with van der Waals surface area (Å²) in [6, 6.07) is 9.44. The van der Waals surface area contributed by atoms with Crippen LogP contribution < -0.4 is 10.5 Å². The molecule has 2 N–H and O–H groups in total. The third-order valence-corrected chi connectivity index (χ3v) is 3.92. The summed E-state index contributed by atoms with van der Waals surface area (Å²) in [6.45, 7) is 2.76. The molecule has 0 aliphatic heterocycles. The van der Waals surface area contributed by atoms with Crippen molar-refractivity contribution in [1.82, 2.24) is 4.98 Å². The minimum Gasteiger partial charge on any atom is -0.493 e. The van der Waals surface area contributed by atoms with Gasteiger partial charge in [-0.15, -0.1) is 0 Å². The summed E-state index contributed by atoms with van der Waals surface area (Å²) in [5.41, 5.74) is 8.09. The number of ether oxygens (including phenoxy) is 1. The van der Waals surface area contributed by atoms with Gasteiger partial charge in [-0.1, -0.05) is 25.1 Å². The first-order valence-electron chi connectivity index (χ1n) is 6.41. The fourth-order valence-corrected chi connectivity index (χ4v) is 3.12. The molecule has 0 saturated carbocycles. The number of nitrogens with zero attached hydrogens (tertiary/aromatic N) is 1. The van der Waals surface area contributed by atoms with E-state index >= 15 is 0 Å². The Morgan fingerprint density at radius 3 is 2.75 bits per heavy atom. The van der Waals surface area contributed by atoms with Gasteiger partial charge >= 0.3 is 0 Å². The lowest BCUT2D eigenvalue weighted by Gasteiger charge is -2.17. The van der Waals surface area contributed by atoms with E-state index in [1.165, 1.54) is 0 Å². The fourth-order valence-electron chi connectivity index (χ4n) is 1.88. The maximum absolute atomic E-state index is 6.35. The van der Waals surface area contributed by atoms with Crippen molar-refractivity contribution in [2.45, 2.75) is 19.4 Å². The molecule has 0 spiro atoms. The number of benzene rings is 1. The van der Waals surface area contributed by atoms with Gasteiger partial charge in [-0.2, -0.15) is 0 Å². The number of para-hydroxylation sites is 1. The van der Waals surface area contributed by atoms with Crippen LogP contribution in [0.25, 0.3) is 0 Å². The molecule has 0 amide bonds. The molecule has 1 unspecified atom stereocenters. The van der Waals surface area contributed by atoms with E-state index in [2.05, 4.69) is 43.8 Å². The molecule has 0 aliphatic rings. The Bertz CT molecular complexity index is 590. The molecule has 0 saturated heterocycles. The summed E-state index contributed by atoms with van der Waals surface area (Å²) in [5, 5.41) is 0. The van der Waals surface area contributed by atoms with Crippen LogP contribution >= 0.6 is 31.9 Å². The first-order valence-corrected chi connectivity index (χ1v) is 8.00. The van der Waals surface area contributed by atoms with Gasteiger partial charge in [0, 0.05) is 20.7 Å². The molecule has 1 aromatic carbocycles. The van der Waals surface area contributed by atoms with Crippen LogP contribution in [0.1, 0.15) is 30.6 Å². The van der Waals surface area contributed by atoms with E-state index in [0.29, 0.717) is 6.61 Å². The number of aromatic nitrogens is 1. The van der Waals surface area contributed by atoms with Crippen LogP contribution in [-0.4, -0.2) is 11.6 Å². The van der Waals surface area contributed by atoms with Crippen molar-refractivity contribution >= 4 is 31.9 Å². The van der Waals surface area contributed by atoms with Gasteiger partial charge < -0.3 is 10.5 Å². The van der Waals surface area contributed by atoms with Crippen LogP contribution in [-0.2, 0) is 0 Å². The second kappa shape index (κ2) is 7.20. The van der Waals surface area contributed by atoms with E-state index in [1.807, 2.05) is 30.3 Å². The van der Waals surface area contributed by atoms with Crippen LogP contribution in [0.2, 0.25) is 0 Å². The van der Waals surface area contributed by atoms with Crippen LogP contribution in [0.15, 0.2) is 45.5 Å². The number of nitrogens with two attached hydrogens (primary N) is 1. The molecule has 3 nitrogen and oxygen atoms in total. The van der Waals surface area contributed by atoms with E-state index in [9.17, 15) is 0 Å². The zero-order chi connectivity index (χ0) is 14.5. The van der Waals surface area contributed by atoms with Crippen molar-refractivity contribution in [2.75, 3.05) is 6.61 Å². The van der Waals surface area contributed by atoms with E-state index < -0.39 is 0 Å². The topological polar surface area (TPSA) is 48.1 Å². The highest BCUT2D eigenvalue weighted by Gasteiger charge is 2.18. The third kappa shape index (κ3) is 3.59. The first-order chi connectivity index (χ1) is 9.63. The molecule has 0 fully saturated rings. The molecule has 2 rings (SSSR count). The Balaban J connectivity index is 2.35. The Hall–Kier alpha value is -0.910. The van der Waals surface area contributed by atoms with Crippen molar-refractivity contribution < 1.29 is 4.74 Å². The Kier molecular flexibility index (Phi) is 5.57. The maximum Gasteiger partial charge on any atom is 0.124 e. The normalized spacial score (nSPS) is 12.2. The minimum absolute atomic E-state index is 0.328. The lowest BCUT2D eigenvalue weighted by molar-refractivity contribution is 0.313. The summed E-state index contributed by atoms with van der Waals surface area (Å²) < 4.78 is 7.55. The highest BCUT2D eigenvalue weighted by molar-refractivity contribution is 9.11. The van der Waals surface area contributed by atoms with Crippen LogP contribution in [0.4, 0.5) is 0 Å². The highest BCUT2D eigenvalue weighted by atomic mass is 79.9. The predicted octanol–water partition coefficient (Wildman–Crippen LogP) is 4.44. The van der Waals surface area contributed by atoms with E-state index in [0.717, 1.165) is 32.4 Å². The van der Waals surface area contributed by atoms with E-state index in [-0.39, 0.29) is 6.04 Å². The average molecular weight is 400 g/mol. The monoisotopic (exact) mass is 398 g/mol. The van der Waals surface area contributed by atoms with Gasteiger partial charge in [0.2, 0.25) is 0 Å². The molecule has 0 aliphatic carbocycles. The molecule has 0 bridgehead atoms. The lowest BCUT2D eigenvalue weighted by atomic mass is 10.0. The molecule has 1 heterocycles. The number of rotatable bonds is 5. The number of halogens is 2. The average Bonchev–Trinajstić information content (AvgIpc) is 2.45. The molecule has 2 aromatic rings. The fraction of sp³-hybridized carbons (Fsp3) is 0.267. The molecule has 1 aromatic heterocycles.